The minimum Gasteiger partial charge on any atom is -0.449 e. The molecule has 1 aliphatic rings. The second kappa shape index (κ2) is 8.14. The lowest BCUT2D eigenvalue weighted by atomic mass is 9.86. The fraction of sp³-hybridized carbons (Fsp3) is 0.579. The number of hydrogen-bond donors (Lipinski definition) is 1. The van der Waals surface area contributed by atoms with Gasteiger partial charge in [0, 0.05) is 6.04 Å². The summed E-state index contributed by atoms with van der Waals surface area (Å²) in [5.41, 5.74) is 1.64. The number of nitrogens with one attached hydrogen (secondary N) is 1. The molecule has 1 saturated carbocycles. The zero-order valence-corrected chi connectivity index (χ0v) is 14.3. The second-order valence-corrected chi connectivity index (χ2v) is 6.47. The van der Waals surface area contributed by atoms with Gasteiger partial charge in [0.25, 0.3) is 5.91 Å². The van der Waals surface area contributed by atoms with Gasteiger partial charge < -0.3 is 10.1 Å². The Hall–Kier alpha value is -1.84. The number of rotatable bonds is 5. The van der Waals surface area contributed by atoms with Gasteiger partial charge in [-0.15, -0.1) is 0 Å². The summed E-state index contributed by atoms with van der Waals surface area (Å²) < 4.78 is 5.30. The Labute approximate surface area is 138 Å². The number of carbonyl (C=O) groups is 2. The standard InChI is InChI=1S/C19H27NO3/c1-4-15-9-11-16(12-10-15)19(22)23-14(3)18(21)20-17-8-6-5-7-13(17)2/h9-14,17H,4-8H2,1-3H3,(H,20,21)/t13-,14+,17+/m0/s1. The van der Waals surface area contributed by atoms with E-state index in [1.807, 2.05) is 12.1 Å². The summed E-state index contributed by atoms with van der Waals surface area (Å²) in [6.45, 7) is 5.85. The molecular formula is C19H27NO3. The molecule has 4 heteroatoms. The van der Waals surface area contributed by atoms with Crippen LogP contribution in [0.25, 0.3) is 0 Å². The summed E-state index contributed by atoms with van der Waals surface area (Å²) in [4.78, 5) is 24.3. The predicted molar refractivity (Wildman–Crippen MR) is 90.3 cm³/mol. The molecule has 0 bridgehead atoms. The number of carbonyl (C=O) groups excluding carboxylic acids is 2. The van der Waals surface area contributed by atoms with E-state index in [1.165, 1.54) is 12.0 Å². The maximum atomic E-state index is 12.2. The van der Waals surface area contributed by atoms with Gasteiger partial charge in [0.1, 0.15) is 0 Å². The molecule has 1 amide bonds. The molecule has 0 heterocycles. The third-order valence-electron chi connectivity index (χ3n) is 4.69. The number of hydrogen-bond acceptors (Lipinski definition) is 3. The lowest BCUT2D eigenvalue weighted by molar-refractivity contribution is -0.130. The van der Waals surface area contributed by atoms with E-state index in [1.54, 1.807) is 19.1 Å². The van der Waals surface area contributed by atoms with Gasteiger partial charge in [-0.2, -0.15) is 0 Å². The highest BCUT2D eigenvalue weighted by Crippen LogP contribution is 2.23. The molecule has 0 unspecified atom stereocenters. The van der Waals surface area contributed by atoms with Gasteiger partial charge in [-0.3, -0.25) is 4.79 Å². The lowest BCUT2D eigenvalue weighted by Crippen LogP contribution is -2.45. The molecule has 0 aliphatic heterocycles. The molecule has 4 nitrogen and oxygen atoms in total. The average Bonchev–Trinajstić information content (AvgIpc) is 2.56. The summed E-state index contributed by atoms with van der Waals surface area (Å²) in [5, 5.41) is 3.03. The van der Waals surface area contributed by atoms with Crippen molar-refractivity contribution in [3.8, 4) is 0 Å². The Morgan fingerprint density at radius 3 is 2.48 bits per heavy atom. The van der Waals surface area contributed by atoms with Crippen LogP contribution in [0, 0.1) is 5.92 Å². The predicted octanol–water partition coefficient (Wildman–Crippen LogP) is 3.49. The van der Waals surface area contributed by atoms with Crippen LogP contribution in [0.3, 0.4) is 0 Å². The maximum absolute atomic E-state index is 12.2. The van der Waals surface area contributed by atoms with Crippen molar-refractivity contribution in [2.75, 3.05) is 0 Å². The van der Waals surface area contributed by atoms with Crippen LogP contribution in [-0.4, -0.2) is 24.0 Å². The molecule has 1 aliphatic carbocycles. The highest BCUT2D eigenvalue weighted by Gasteiger charge is 2.26. The van der Waals surface area contributed by atoms with E-state index < -0.39 is 12.1 Å². The van der Waals surface area contributed by atoms with Crippen LogP contribution in [0.1, 0.15) is 62.4 Å². The summed E-state index contributed by atoms with van der Waals surface area (Å²) in [5.74, 6) is -0.175. The van der Waals surface area contributed by atoms with Crippen molar-refractivity contribution in [1.29, 1.82) is 0 Å². The smallest absolute Gasteiger partial charge is 0.338 e. The van der Waals surface area contributed by atoms with E-state index in [9.17, 15) is 9.59 Å². The molecular weight excluding hydrogens is 290 g/mol. The van der Waals surface area contributed by atoms with Crippen molar-refractivity contribution in [1.82, 2.24) is 5.32 Å². The Bertz CT molecular complexity index is 538. The van der Waals surface area contributed by atoms with Gasteiger partial charge in [0.2, 0.25) is 0 Å². The second-order valence-electron chi connectivity index (χ2n) is 6.47. The molecule has 0 spiro atoms. The minimum absolute atomic E-state index is 0.196. The van der Waals surface area contributed by atoms with Crippen LogP contribution < -0.4 is 5.32 Å². The number of aryl methyl sites for hydroxylation is 1. The molecule has 1 aromatic rings. The van der Waals surface area contributed by atoms with Crippen molar-refractivity contribution < 1.29 is 14.3 Å². The van der Waals surface area contributed by atoms with Crippen LogP contribution in [0.4, 0.5) is 0 Å². The normalized spacial score (nSPS) is 22.2. The van der Waals surface area contributed by atoms with Crippen molar-refractivity contribution in [3.63, 3.8) is 0 Å². The third-order valence-corrected chi connectivity index (χ3v) is 4.69. The maximum Gasteiger partial charge on any atom is 0.338 e. The molecule has 126 valence electrons. The SMILES string of the molecule is CCc1ccc(C(=O)O[C@H](C)C(=O)N[C@@H]2CCCC[C@@H]2C)cc1. The fourth-order valence-electron chi connectivity index (χ4n) is 2.99. The van der Waals surface area contributed by atoms with Gasteiger partial charge in [-0.05, 0) is 49.8 Å². The lowest BCUT2D eigenvalue weighted by Gasteiger charge is -2.30. The van der Waals surface area contributed by atoms with Crippen molar-refractivity contribution in [2.45, 2.75) is 65.0 Å². The van der Waals surface area contributed by atoms with Gasteiger partial charge >= 0.3 is 5.97 Å². The van der Waals surface area contributed by atoms with E-state index >= 15 is 0 Å². The molecule has 1 fully saturated rings. The molecule has 0 aromatic heterocycles. The summed E-state index contributed by atoms with van der Waals surface area (Å²) in [7, 11) is 0. The summed E-state index contributed by atoms with van der Waals surface area (Å²) in [6.07, 6.45) is 4.67. The van der Waals surface area contributed by atoms with Crippen LogP contribution in [0.15, 0.2) is 24.3 Å². The molecule has 1 aromatic carbocycles. The summed E-state index contributed by atoms with van der Waals surface area (Å²) >= 11 is 0. The number of ether oxygens (including phenoxy) is 1. The first-order valence-electron chi connectivity index (χ1n) is 8.61. The van der Waals surface area contributed by atoms with E-state index in [2.05, 4.69) is 19.2 Å². The summed E-state index contributed by atoms with van der Waals surface area (Å²) in [6, 6.07) is 7.50. The quantitative estimate of drug-likeness (QED) is 0.846. The van der Waals surface area contributed by atoms with Gasteiger partial charge in [0.15, 0.2) is 6.10 Å². The zero-order chi connectivity index (χ0) is 16.8. The zero-order valence-electron chi connectivity index (χ0n) is 14.3. The van der Waals surface area contributed by atoms with Crippen LogP contribution in [0.5, 0.6) is 0 Å². The van der Waals surface area contributed by atoms with Gasteiger partial charge in [0.05, 0.1) is 5.56 Å². The third kappa shape index (κ3) is 4.81. The van der Waals surface area contributed by atoms with E-state index in [0.717, 1.165) is 25.7 Å². The Balaban J connectivity index is 1.87. The van der Waals surface area contributed by atoms with Crippen molar-refractivity contribution >= 4 is 11.9 Å². The van der Waals surface area contributed by atoms with Crippen LogP contribution in [-0.2, 0) is 16.0 Å². The largest absolute Gasteiger partial charge is 0.449 e. The van der Waals surface area contributed by atoms with E-state index in [4.69, 9.17) is 4.74 Å². The Kier molecular flexibility index (Phi) is 6.20. The van der Waals surface area contributed by atoms with Crippen LogP contribution in [0.2, 0.25) is 0 Å². The molecule has 1 N–H and O–H groups in total. The average molecular weight is 317 g/mol. The van der Waals surface area contributed by atoms with Gasteiger partial charge in [-0.1, -0.05) is 38.8 Å². The molecule has 3 atom stereocenters. The minimum atomic E-state index is -0.775. The number of amides is 1. The number of benzene rings is 1. The van der Waals surface area contributed by atoms with Crippen molar-refractivity contribution in [3.05, 3.63) is 35.4 Å². The Morgan fingerprint density at radius 1 is 1.22 bits per heavy atom. The molecule has 0 radical (unpaired) electrons. The van der Waals surface area contributed by atoms with Gasteiger partial charge in [-0.25, -0.2) is 4.79 Å². The molecule has 2 rings (SSSR count). The fourth-order valence-corrected chi connectivity index (χ4v) is 2.99. The number of esters is 1. The highest BCUT2D eigenvalue weighted by molar-refractivity contribution is 5.92. The Morgan fingerprint density at radius 2 is 1.87 bits per heavy atom. The van der Waals surface area contributed by atoms with Crippen LogP contribution >= 0.6 is 0 Å². The topological polar surface area (TPSA) is 55.4 Å². The molecule has 23 heavy (non-hydrogen) atoms. The van der Waals surface area contributed by atoms with Crippen molar-refractivity contribution in [2.24, 2.45) is 5.92 Å². The first-order valence-corrected chi connectivity index (χ1v) is 8.61. The van der Waals surface area contributed by atoms with E-state index in [-0.39, 0.29) is 11.9 Å². The molecule has 0 saturated heterocycles. The first-order chi connectivity index (χ1) is 11.0. The first kappa shape index (κ1) is 17.5. The highest BCUT2D eigenvalue weighted by atomic mass is 16.5. The van der Waals surface area contributed by atoms with E-state index in [0.29, 0.717) is 11.5 Å². The monoisotopic (exact) mass is 317 g/mol.